The zero-order valence-corrected chi connectivity index (χ0v) is 9.81. The second kappa shape index (κ2) is 5.94. The average molecular weight is 243 g/mol. The molecule has 0 bridgehead atoms. The Balaban J connectivity index is 2.77. The van der Waals surface area contributed by atoms with E-state index in [0.717, 1.165) is 12.8 Å². The fraction of sp³-hybridized carbons (Fsp3) is 0.250. The van der Waals surface area contributed by atoms with Gasteiger partial charge in [-0.15, -0.1) is 6.58 Å². The molecule has 0 unspecified atom stereocenters. The molecule has 80 valence electrons. The number of Topliss-reactive ketones (excluding diaryl/α,β-unsaturated/α-hetero) is 1. The zero-order valence-electron chi connectivity index (χ0n) is 8.30. The third-order valence-corrected chi connectivity index (χ3v) is 2.68. The smallest absolute Gasteiger partial charge is 0.165 e. The highest BCUT2D eigenvalue weighted by atomic mass is 35.5. The number of hydrogen-bond acceptors (Lipinski definition) is 1. The summed E-state index contributed by atoms with van der Waals surface area (Å²) in [5.41, 5.74) is 0.435. The first-order chi connectivity index (χ1) is 7.16. The van der Waals surface area contributed by atoms with Crippen molar-refractivity contribution in [3.63, 3.8) is 0 Å². The van der Waals surface area contributed by atoms with Crippen LogP contribution < -0.4 is 0 Å². The number of carbonyl (C=O) groups excluding carboxylic acids is 1. The van der Waals surface area contributed by atoms with E-state index in [1.807, 2.05) is 0 Å². The fourth-order valence-electron chi connectivity index (χ4n) is 1.30. The Labute approximate surface area is 99.7 Å². The summed E-state index contributed by atoms with van der Waals surface area (Å²) in [7, 11) is 0. The fourth-order valence-corrected chi connectivity index (χ4v) is 1.90. The summed E-state index contributed by atoms with van der Waals surface area (Å²) in [5.74, 6) is -0.00699. The highest BCUT2D eigenvalue weighted by Gasteiger charge is 2.13. The maximum Gasteiger partial charge on any atom is 0.165 e. The van der Waals surface area contributed by atoms with Crippen molar-refractivity contribution in [2.24, 2.45) is 0 Å². The molecule has 0 fully saturated rings. The largest absolute Gasteiger partial charge is 0.294 e. The maximum atomic E-state index is 11.8. The Morgan fingerprint density at radius 3 is 2.47 bits per heavy atom. The van der Waals surface area contributed by atoms with Crippen molar-refractivity contribution in [2.45, 2.75) is 19.3 Å². The molecule has 0 radical (unpaired) electrons. The van der Waals surface area contributed by atoms with E-state index in [0.29, 0.717) is 22.0 Å². The molecular formula is C12H12Cl2O. The van der Waals surface area contributed by atoms with Gasteiger partial charge in [-0.25, -0.2) is 0 Å². The lowest BCUT2D eigenvalue weighted by Crippen LogP contribution is -2.00. The number of halogens is 2. The predicted molar refractivity (Wildman–Crippen MR) is 64.8 cm³/mol. The van der Waals surface area contributed by atoms with Crippen LogP contribution in [0.15, 0.2) is 30.9 Å². The topological polar surface area (TPSA) is 17.1 Å². The first-order valence-corrected chi connectivity index (χ1v) is 5.50. The van der Waals surface area contributed by atoms with E-state index in [9.17, 15) is 4.79 Å². The standard InChI is InChI=1S/C12H12Cl2O/c1-2-3-4-8-11(15)12-9(13)6-5-7-10(12)14/h2,5-7H,1,3-4,8H2. The minimum absolute atomic E-state index is 0.00699. The zero-order chi connectivity index (χ0) is 11.3. The van der Waals surface area contributed by atoms with Crippen molar-refractivity contribution in [3.8, 4) is 0 Å². The van der Waals surface area contributed by atoms with Crippen LogP contribution in [0.25, 0.3) is 0 Å². The molecule has 15 heavy (non-hydrogen) atoms. The molecule has 0 heterocycles. The number of unbranched alkanes of at least 4 members (excludes halogenated alkanes) is 1. The first kappa shape index (κ1) is 12.3. The van der Waals surface area contributed by atoms with Gasteiger partial charge >= 0.3 is 0 Å². The summed E-state index contributed by atoms with van der Waals surface area (Å²) in [6.07, 6.45) is 3.86. The lowest BCUT2D eigenvalue weighted by molar-refractivity contribution is 0.0980. The Hall–Kier alpha value is -0.790. The SMILES string of the molecule is C=CCCCC(=O)c1c(Cl)cccc1Cl. The summed E-state index contributed by atoms with van der Waals surface area (Å²) in [5, 5.41) is 0.845. The van der Waals surface area contributed by atoms with Gasteiger partial charge in [0.1, 0.15) is 0 Å². The van der Waals surface area contributed by atoms with Gasteiger partial charge in [0, 0.05) is 6.42 Å². The van der Waals surface area contributed by atoms with Gasteiger partial charge in [0.25, 0.3) is 0 Å². The molecule has 0 aliphatic rings. The second-order valence-corrected chi connectivity index (χ2v) is 4.02. The Morgan fingerprint density at radius 1 is 1.33 bits per heavy atom. The van der Waals surface area contributed by atoms with E-state index in [-0.39, 0.29) is 5.78 Å². The average Bonchev–Trinajstić information content (AvgIpc) is 2.18. The van der Waals surface area contributed by atoms with Crippen LogP contribution in [0.3, 0.4) is 0 Å². The minimum Gasteiger partial charge on any atom is -0.294 e. The van der Waals surface area contributed by atoms with Crippen molar-refractivity contribution in [1.29, 1.82) is 0 Å². The Morgan fingerprint density at radius 2 is 1.93 bits per heavy atom. The van der Waals surface area contributed by atoms with Gasteiger partial charge in [-0.1, -0.05) is 35.3 Å². The first-order valence-electron chi connectivity index (χ1n) is 4.75. The van der Waals surface area contributed by atoms with Crippen LogP contribution in [0.5, 0.6) is 0 Å². The van der Waals surface area contributed by atoms with Crippen molar-refractivity contribution in [3.05, 3.63) is 46.5 Å². The molecule has 0 aliphatic carbocycles. The van der Waals surface area contributed by atoms with Crippen molar-refractivity contribution >= 4 is 29.0 Å². The third-order valence-electron chi connectivity index (χ3n) is 2.05. The molecule has 0 saturated carbocycles. The summed E-state index contributed by atoms with van der Waals surface area (Å²) in [6.45, 7) is 3.60. The van der Waals surface area contributed by atoms with E-state index in [2.05, 4.69) is 6.58 Å². The van der Waals surface area contributed by atoms with Crippen LogP contribution >= 0.6 is 23.2 Å². The molecule has 1 rings (SSSR count). The molecule has 1 aromatic carbocycles. The van der Waals surface area contributed by atoms with E-state index < -0.39 is 0 Å². The summed E-state index contributed by atoms with van der Waals surface area (Å²) in [6, 6.07) is 5.08. The van der Waals surface area contributed by atoms with Crippen LogP contribution in [0.2, 0.25) is 10.0 Å². The number of carbonyl (C=O) groups is 1. The van der Waals surface area contributed by atoms with Crippen LogP contribution in [-0.4, -0.2) is 5.78 Å². The van der Waals surface area contributed by atoms with Crippen molar-refractivity contribution < 1.29 is 4.79 Å². The van der Waals surface area contributed by atoms with E-state index in [1.54, 1.807) is 24.3 Å². The highest BCUT2D eigenvalue weighted by Crippen LogP contribution is 2.26. The van der Waals surface area contributed by atoms with Gasteiger partial charge in [0.2, 0.25) is 0 Å². The van der Waals surface area contributed by atoms with Gasteiger partial charge in [-0.05, 0) is 25.0 Å². The Kier molecular flexibility index (Phi) is 4.86. The summed E-state index contributed by atoms with van der Waals surface area (Å²) < 4.78 is 0. The normalized spacial score (nSPS) is 10.0. The van der Waals surface area contributed by atoms with Gasteiger partial charge in [-0.3, -0.25) is 4.79 Å². The van der Waals surface area contributed by atoms with E-state index >= 15 is 0 Å². The van der Waals surface area contributed by atoms with Crippen LogP contribution in [0.1, 0.15) is 29.6 Å². The van der Waals surface area contributed by atoms with Gasteiger partial charge in [0.05, 0.1) is 15.6 Å². The van der Waals surface area contributed by atoms with Gasteiger partial charge in [0.15, 0.2) is 5.78 Å². The molecule has 0 aliphatic heterocycles. The van der Waals surface area contributed by atoms with Crippen LogP contribution in [-0.2, 0) is 0 Å². The number of hydrogen-bond donors (Lipinski definition) is 0. The molecule has 0 aromatic heterocycles. The summed E-state index contributed by atoms with van der Waals surface area (Å²) >= 11 is 11.8. The lowest BCUT2D eigenvalue weighted by atomic mass is 10.1. The molecule has 1 aromatic rings. The van der Waals surface area contributed by atoms with E-state index in [4.69, 9.17) is 23.2 Å². The number of allylic oxidation sites excluding steroid dienone is 1. The molecule has 0 atom stereocenters. The molecule has 0 spiro atoms. The lowest BCUT2D eigenvalue weighted by Gasteiger charge is -2.04. The maximum absolute atomic E-state index is 11.8. The molecule has 3 heteroatoms. The summed E-state index contributed by atoms with van der Waals surface area (Å²) in [4.78, 5) is 11.8. The quantitative estimate of drug-likeness (QED) is 0.421. The minimum atomic E-state index is -0.00699. The van der Waals surface area contributed by atoms with E-state index in [1.165, 1.54) is 0 Å². The van der Waals surface area contributed by atoms with Gasteiger partial charge in [-0.2, -0.15) is 0 Å². The van der Waals surface area contributed by atoms with Crippen molar-refractivity contribution in [2.75, 3.05) is 0 Å². The molecule has 1 nitrogen and oxygen atoms in total. The Bertz CT molecular complexity index is 352. The van der Waals surface area contributed by atoms with Gasteiger partial charge < -0.3 is 0 Å². The number of rotatable bonds is 5. The van der Waals surface area contributed by atoms with Crippen LogP contribution in [0.4, 0.5) is 0 Å². The molecular weight excluding hydrogens is 231 g/mol. The number of benzene rings is 1. The molecule has 0 N–H and O–H groups in total. The molecule has 0 amide bonds. The third kappa shape index (κ3) is 3.37. The molecule has 0 saturated heterocycles. The van der Waals surface area contributed by atoms with Crippen LogP contribution in [0, 0.1) is 0 Å². The number of ketones is 1. The second-order valence-electron chi connectivity index (χ2n) is 3.20. The highest BCUT2D eigenvalue weighted by molar-refractivity contribution is 6.39. The predicted octanol–water partition coefficient (Wildman–Crippen LogP) is 4.53. The van der Waals surface area contributed by atoms with Crippen molar-refractivity contribution in [1.82, 2.24) is 0 Å². The monoisotopic (exact) mass is 242 g/mol.